The number of likely N-dealkylation sites (tertiary alicyclic amines) is 1. The van der Waals surface area contributed by atoms with Gasteiger partial charge in [0.1, 0.15) is 5.15 Å². The van der Waals surface area contributed by atoms with Crippen LogP contribution >= 0.6 is 23.4 Å². The molecule has 5 rings (SSSR count). The molecule has 0 radical (unpaired) electrons. The molecule has 0 aliphatic carbocycles. The van der Waals surface area contributed by atoms with Crippen LogP contribution in [0.2, 0.25) is 5.15 Å². The summed E-state index contributed by atoms with van der Waals surface area (Å²) < 4.78 is 6.24. The first-order valence-electron chi connectivity index (χ1n) is 9.67. The lowest BCUT2D eigenvalue weighted by atomic mass is 9.84. The Bertz CT molecular complexity index is 1060. The van der Waals surface area contributed by atoms with Gasteiger partial charge >= 0.3 is 0 Å². The minimum absolute atomic E-state index is 0.196. The summed E-state index contributed by atoms with van der Waals surface area (Å²) in [4.78, 5) is 23.9. The summed E-state index contributed by atoms with van der Waals surface area (Å²) in [5.74, 6) is -0.204. The van der Waals surface area contributed by atoms with E-state index in [4.69, 9.17) is 16.3 Å². The Kier molecular flexibility index (Phi) is 4.73. The zero-order valence-corrected chi connectivity index (χ0v) is 17.6. The monoisotopic (exact) mass is 425 g/mol. The number of hydrogen-bond donors (Lipinski definition) is 0. The second-order valence-corrected chi connectivity index (χ2v) is 8.86. The highest BCUT2D eigenvalue weighted by atomic mass is 35.5. The molecule has 0 saturated carbocycles. The average molecular weight is 426 g/mol. The van der Waals surface area contributed by atoms with Gasteiger partial charge in [-0.1, -0.05) is 41.9 Å². The van der Waals surface area contributed by atoms with E-state index in [-0.39, 0.29) is 11.5 Å². The molecule has 3 aliphatic rings. The smallest absolute Gasteiger partial charge is 0.286 e. The van der Waals surface area contributed by atoms with Gasteiger partial charge in [-0.2, -0.15) is 4.99 Å². The van der Waals surface area contributed by atoms with E-state index < -0.39 is 0 Å². The van der Waals surface area contributed by atoms with Crippen LogP contribution in [0.1, 0.15) is 36.5 Å². The molecule has 1 saturated heterocycles. The van der Waals surface area contributed by atoms with Crippen molar-refractivity contribution in [3.05, 3.63) is 69.3 Å². The predicted molar refractivity (Wildman–Crippen MR) is 116 cm³/mol. The number of hydrogen-bond acceptors (Lipinski definition) is 5. The fraction of sp³-hybridized carbons (Fsp3) is 0.318. The Balaban J connectivity index is 1.33. The second-order valence-electron chi connectivity index (χ2n) is 7.52. The predicted octanol–water partition coefficient (Wildman–Crippen LogP) is 4.62. The molecule has 0 bridgehead atoms. The fourth-order valence-corrected chi connectivity index (χ4v) is 5.59. The van der Waals surface area contributed by atoms with Crippen molar-refractivity contribution < 1.29 is 9.53 Å². The quantitative estimate of drug-likeness (QED) is 0.493. The van der Waals surface area contributed by atoms with Crippen LogP contribution in [0.5, 0.6) is 0 Å². The molecule has 1 aromatic carbocycles. The number of ether oxygens (including phenoxy) is 1. The average Bonchev–Trinajstić information content (AvgIpc) is 3.30. The molecule has 0 N–H and O–H groups in total. The van der Waals surface area contributed by atoms with Crippen molar-refractivity contribution >= 4 is 40.0 Å². The zero-order chi connectivity index (χ0) is 20.0. The molecule has 148 valence electrons. The third-order valence-corrected chi connectivity index (χ3v) is 7.46. The first-order chi connectivity index (χ1) is 14.1. The molecule has 1 spiro atoms. The highest BCUT2D eigenvalue weighted by Crippen LogP contribution is 2.45. The summed E-state index contributed by atoms with van der Waals surface area (Å²) in [7, 11) is 0. The molecule has 5 nitrogen and oxygen atoms in total. The van der Waals surface area contributed by atoms with Crippen LogP contribution in [0.15, 0.2) is 52.5 Å². The van der Waals surface area contributed by atoms with Gasteiger partial charge in [0, 0.05) is 24.8 Å². The number of fused-ring (bicyclic) bond motifs is 2. The summed E-state index contributed by atoms with van der Waals surface area (Å²) in [6, 6.07) is 12.2. The van der Waals surface area contributed by atoms with Gasteiger partial charge in [0.2, 0.25) is 0 Å². The van der Waals surface area contributed by atoms with E-state index in [1.54, 1.807) is 6.20 Å². The zero-order valence-electron chi connectivity index (χ0n) is 16.0. The van der Waals surface area contributed by atoms with Gasteiger partial charge in [-0.15, -0.1) is 0 Å². The second kappa shape index (κ2) is 7.27. The van der Waals surface area contributed by atoms with Gasteiger partial charge in [-0.3, -0.25) is 4.79 Å². The first-order valence-corrected chi connectivity index (χ1v) is 10.9. The van der Waals surface area contributed by atoms with Crippen LogP contribution in [-0.2, 0) is 21.7 Å². The van der Waals surface area contributed by atoms with Crippen molar-refractivity contribution in [2.45, 2.75) is 32.0 Å². The Hall–Kier alpha value is -2.15. The number of allylic oxidation sites excluding steroid dienone is 1. The number of rotatable bonds is 1. The van der Waals surface area contributed by atoms with E-state index in [1.165, 1.54) is 22.9 Å². The van der Waals surface area contributed by atoms with Crippen molar-refractivity contribution in [1.29, 1.82) is 0 Å². The van der Waals surface area contributed by atoms with E-state index >= 15 is 0 Å². The lowest BCUT2D eigenvalue weighted by Gasteiger charge is -2.39. The maximum atomic E-state index is 12.6. The first kappa shape index (κ1) is 18.9. The maximum Gasteiger partial charge on any atom is 0.286 e. The van der Waals surface area contributed by atoms with Crippen LogP contribution in [0.4, 0.5) is 0 Å². The number of piperidine rings is 1. The summed E-state index contributed by atoms with van der Waals surface area (Å²) >= 11 is 7.65. The van der Waals surface area contributed by atoms with Crippen molar-refractivity contribution in [2.24, 2.45) is 4.99 Å². The highest BCUT2D eigenvalue weighted by Gasteiger charge is 2.43. The molecule has 1 aromatic heterocycles. The summed E-state index contributed by atoms with van der Waals surface area (Å²) in [6.07, 6.45) is 3.43. The molecular formula is C22H20ClN3O2S. The van der Waals surface area contributed by atoms with Crippen molar-refractivity contribution in [3.8, 4) is 0 Å². The molecule has 7 heteroatoms. The Morgan fingerprint density at radius 3 is 2.79 bits per heavy atom. The molecule has 29 heavy (non-hydrogen) atoms. The highest BCUT2D eigenvalue weighted by molar-refractivity contribution is 8.18. The number of aromatic nitrogens is 1. The lowest BCUT2D eigenvalue weighted by molar-refractivity contribution is -0.113. The number of aliphatic imine (C=N–C) groups is 1. The number of pyridine rings is 1. The van der Waals surface area contributed by atoms with E-state index in [0.29, 0.717) is 16.7 Å². The van der Waals surface area contributed by atoms with Crippen LogP contribution in [0.25, 0.3) is 5.57 Å². The Morgan fingerprint density at radius 2 is 2.00 bits per heavy atom. The molecule has 3 aliphatic heterocycles. The number of nitrogens with zero attached hydrogens (tertiary/aromatic N) is 3. The Morgan fingerprint density at radius 1 is 1.21 bits per heavy atom. The van der Waals surface area contributed by atoms with Crippen LogP contribution in [-0.4, -0.2) is 34.0 Å². The van der Waals surface area contributed by atoms with Crippen LogP contribution in [0, 0.1) is 0 Å². The minimum atomic E-state index is -0.204. The number of benzene rings is 1. The van der Waals surface area contributed by atoms with Crippen molar-refractivity contribution in [1.82, 2.24) is 9.88 Å². The minimum Gasteiger partial charge on any atom is -0.365 e. The number of halogens is 1. The van der Waals surface area contributed by atoms with E-state index in [0.717, 1.165) is 42.2 Å². The molecule has 4 heterocycles. The molecule has 0 unspecified atom stereocenters. The lowest BCUT2D eigenvalue weighted by Crippen LogP contribution is -2.44. The number of amides is 1. The SMILES string of the molecule is C/C(=C1/SC(N2CCC3(CC2)OCc2ccccc23)=NC1=O)c1cccnc1Cl. The Labute approximate surface area is 178 Å². The third kappa shape index (κ3) is 3.19. The molecular weight excluding hydrogens is 406 g/mol. The summed E-state index contributed by atoms with van der Waals surface area (Å²) in [6.45, 7) is 4.21. The summed E-state index contributed by atoms with van der Waals surface area (Å²) in [5.41, 5.74) is 4.00. The van der Waals surface area contributed by atoms with Gasteiger partial charge in [-0.25, -0.2) is 4.98 Å². The number of thioether (sulfide) groups is 1. The molecule has 1 fully saturated rings. The van der Waals surface area contributed by atoms with Crippen molar-refractivity contribution in [2.75, 3.05) is 13.1 Å². The van der Waals surface area contributed by atoms with Crippen LogP contribution < -0.4 is 0 Å². The van der Waals surface area contributed by atoms with E-state index in [2.05, 4.69) is 39.1 Å². The number of carbonyl (C=O) groups is 1. The fourth-order valence-electron chi connectivity index (χ4n) is 4.31. The maximum absolute atomic E-state index is 12.6. The molecule has 1 amide bonds. The van der Waals surface area contributed by atoms with Crippen LogP contribution in [0.3, 0.4) is 0 Å². The number of amidine groups is 1. The largest absolute Gasteiger partial charge is 0.365 e. The molecule has 0 atom stereocenters. The van der Waals surface area contributed by atoms with E-state index in [1.807, 2.05) is 19.1 Å². The van der Waals surface area contributed by atoms with Gasteiger partial charge in [0.15, 0.2) is 5.17 Å². The van der Waals surface area contributed by atoms with Gasteiger partial charge < -0.3 is 9.64 Å². The topological polar surface area (TPSA) is 54.8 Å². The van der Waals surface area contributed by atoms with Crippen molar-refractivity contribution in [3.63, 3.8) is 0 Å². The number of carbonyl (C=O) groups excluding carboxylic acids is 1. The van der Waals surface area contributed by atoms with E-state index in [9.17, 15) is 4.79 Å². The van der Waals surface area contributed by atoms with Gasteiger partial charge in [0.05, 0.1) is 17.1 Å². The normalized spacial score (nSPS) is 22.1. The van der Waals surface area contributed by atoms with Gasteiger partial charge in [-0.05, 0) is 54.3 Å². The summed E-state index contributed by atoms with van der Waals surface area (Å²) in [5, 5.41) is 1.17. The van der Waals surface area contributed by atoms with Gasteiger partial charge in [0.25, 0.3) is 5.91 Å². The third-order valence-electron chi connectivity index (χ3n) is 5.94. The molecule has 2 aromatic rings. The standard InChI is InChI=1S/C22H20ClN3O2S/c1-14(16-6-4-10-24-19(16)23)18-20(27)25-21(29-18)26-11-8-22(9-12-26)17-7-3-2-5-15(17)13-28-22/h2-7,10H,8-9,11-13H2,1H3/b18-14-.